The average Bonchev–Trinajstić information content (AvgIpc) is 3.63. The van der Waals surface area contributed by atoms with Crippen LogP contribution in [0.5, 0.6) is 0 Å². The zero-order valence-corrected chi connectivity index (χ0v) is 20.2. The minimum Gasteiger partial charge on any atom is -0.350 e. The molecule has 0 unspecified atom stereocenters. The van der Waals surface area contributed by atoms with Crippen LogP contribution in [0.3, 0.4) is 0 Å². The summed E-state index contributed by atoms with van der Waals surface area (Å²) >= 11 is 1.46. The van der Waals surface area contributed by atoms with E-state index >= 15 is 0 Å². The standard InChI is InChI=1S/C27H25N5O2S/c1-16-5-7-17(8-6-16)23-24(29-12-11-28-23)27(34)32-19-10-9-18(13-19)22(32)14-30-26(33)20-3-2-4-21-25(20)35-15-31-21/h2-8,11-12,15,18-19,22H,9-10,13-14H2,1H3,(H,30,33)/t18-,19+,22+/m0/s1. The van der Waals surface area contributed by atoms with Crippen LogP contribution in [0.25, 0.3) is 21.5 Å². The molecule has 2 fully saturated rings. The second kappa shape index (κ2) is 8.85. The van der Waals surface area contributed by atoms with Gasteiger partial charge in [0.1, 0.15) is 5.69 Å². The minimum absolute atomic E-state index is 0.0567. The van der Waals surface area contributed by atoms with Gasteiger partial charge in [0.05, 0.1) is 27.3 Å². The molecule has 4 aromatic rings. The molecule has 2 amide bonds. The lowest BCUT2D eigenvalue weighted by Crippen LogP contribution is -2.50. The van der Waals surface area contributed by atoms with Gasteiger partial charge in [-0.25, -0.2) is 9.97 Å². The summed E-state index contributed by atoms with van der Waals surface area (Å²) in [6.07, 6.45) is 6.23. The number of hydrogen-bond acceptors (Lipinski definition) is 6. The van der Waals surface area contributed by atoms with E-state index < -0.39 is 0 Å². The first kappa shape index (κ1) is 21.9. The average molecular weight is 484 g/mol. The number of amides is 2. The Balaban J connectivity index is 1.26. The number of fused-ring (bicyclic) bond motifs is 3. The molecule has 1 saturated heterocycles. The van der Waals surface area contributed by atoms with Gasteiger partial charge in [-0.3, -0.25) is 14.6 Å². The molecule has 35 heavy (non-hydrogen) atoms. The summed E-state index contributed by atoms with van der Waals surface area (Å²) < 4.78 is 0.883. The van der Waals surface area contributed by atoms with E-state index in [0.717, 1.165) is 40.6 Å². The molecule has 8 heteroatoms. The second-order valence-electron chi connectivity index (χ2n) is 9.34. The zero-order chi connectivity index (χ0) is 23.9. The third-order valence-corrected chi connectivity index (χ3v) is 8.15. The van der Waals surface area contributed by atoms with Gasteiger partial charge in [-0.1, -0.05) is 35.9 Å². The van der Waals surface area contributed by atoms with E-state index in [1.54, 1.807) is 17.9 Å². The number of carbonyl (C=O) groups excluding carboxylic acids is 2. The van der Waals surface area contributed by atoms with E-state index in [9.17, 15) is 9.59 Å². The minimum atomic E-state index is -0.130. The number of benzene rings is 2. The fourth-order valence-electron chi connectivity index (χ4n) is 5.57. The number of aryl methyl sites for hydroxylation is 1. The van der Waals surface area contributed by atoms with Crippen molar-refractivity contribution in [1.82, 2.24) is 25.2 Å². The van der Waals surface area contributed by atoms with Crippen molar-refractivity contribution < 1.29 is 9.59 Å². The smallest absolute Gasteiger partial charge is 0.275 e. The molecular weight excluding hydrogens is 458 g/mol. The molecule has 7 nitrogen and oxygen atoms in total. The van der Waals surface area contributed by atoms with E-state index in [2.05, 4.69) is 20.3 Å². The first-order valence-electron chi connectivity index (χ1n) is 11.9. The second-order valence-corrected chi connectivity index (χ2v) is 10.2. The summed E-state index contributed by atoms with van der Waals surface area (Å²) in [6.45, 7) is 2.45. The Morgan fingerprint density at radius 2 is 1.89 bits per heavy atom. The largest absolute Gasteiger partial charge is 0.350 e. The number of likely N-dealkylation sites (tertiary alicyclic amines) is 1. The molecule has 2 bridgehead atoms. The van der Waals surface area contributed by atoms with Gasteiger partial charge in [-0.15, -0.1) is 11.3 Å². The van der Waals surface area contributed by atoms with Crippen molar-refractivity contribution in [1.29, 1.82) is 0 Å². The molecule has 0 spiro atoms. The monoisotopic (exact) mass is 483 g/mol. The van der Waals surface area contributed by atoms with Gasteiger partial charge in [0.25, 0.3) is 11.8 Å². The Bertz CT molecular complexity index is 1420. The van der Waals surface area contributed by atoms with E-state index in [1.807, 2.05) is 54.3 Å². The van der Waals surface area contributed by atoms with Crippen LogP contribution in [-0.2, 0) is 0 Å². The lowest BCUT2D eigenvalue weighted by molar-refractivity contribution is 0.0576. The zero-order valence-electron chi connectivity index (χ0n) is 19.3. The SMILES string of the molecule is Cc1ccc(-c2nccnc2C(=O)N2[C@@H]3CC[C@@H](C3)[C@H]2CNC(=O)c2cccc3ncsc23)cc1. The molecule has 1 aliphatic heterocycles. The molecule has 1 aliphatic carbocycles. The van der Waals surface area contributed by atoms with E-state index in [0.29, 0.717) is 29.4 Å². The quantitative estimate of drug-likeness (QED) is 0.452. The van der Waals surface area contributed by atoms with Gasteiger partial charge >= 0.3 is 0 Å². The summed E-state index contributed by atoms with van der Waals surface area (Å²) in [5, 5.41) is 3.11. The van der Waals surface area contributed by atoms with Crippen molar-refractivity contribution in [3.8, 4) is 11.3 Å². The van der Waals surface area contributed by atoms with Gasteiger partial charge in [-0.2, -0.15) is 0 Å². The highest BCUT2D eigenvalue weighted by Crippen LogP contribution is 2.43. The number of piperidine rings is 1. The van der Waals surface area contributed by atoms with E-state index in [1.165, 1.54) is 11.3 Å². The Morgan fingerprint density at radius 3 is 2.74 bits per heavy atom. The first-order chi connectivity index (χ1) is 17.1. The maximum atomic E-state index is 13.9. The summed E-state index contributed by atoms with van der Waals surface area (Å²) in [7, 11) is 0. The fourth-order valence-corrected chi connectivity index (χ4v) is 6.37. The Kier molecular flexibility index (Phi) is 5.53. The molecule has 6 rings (SSSR count). The van der Waals surface area contributed by atoms with Crippen LogP contribution in [0.2, 0.25) is 0 Å². The molecule has 2 aromatic heterocycles. The Morgan fingerprint density at radius 1 is 1.06 bits per heavy atom. The van der Waals surface area contributed by atoms with Crippen LogP contribution < -0.4 is 5.32 Å². The molecule has 2 aliphatic rings. The number of thiazole rings is 1. The number of rotatable bonds is 5. The Labute approximate surface area is 207 Å². The maximum absolute atomic E-state index is 13.9. The highest BCUT2D eigenvalue weighted by molar-refractivity contribution is 7.17. The lowest BCUT2D eigenvalue weighted by atomic mass is 9.97. The number of hydrogen-bond donors (Lipinski definition) is 1. The van der Waals surface area contributed by atoms with Crippen molar-refractivity contribution in [2.75, 3.05) is 6.54 Å². The molecule has 1 N–H and O–H groups in total. The normalized spacial score (nSPS) is 20.9. The van der Waals surface area contributed by atoms with Crippen LogP contribution in [0.1, 0.15) is 45.7 Å². The maximum Gasteiger partial charge on any atom is 0.275 e. The van der Waals surface area contributed by atoms with E-state index in [4.69, 9.17) is 0 Å². The van der Waals surface area contributed by atoms with Crippen LogP contribution >= 0.6 is 11.3 Å². The van der Waals surface area contributed by atoms with E-state index in [-0.39, 0.29) is 23.9 Å². The van der Waals surface area contributed by atoms with Crippen LogP contribution in [0.4, 0.5) is 0 Å². The third-order valence-electron chi connectivity index (χ3n) is 7.27. The highest BCUT2D eigenvalue weighted by atomic mass is 32.1. The predicted octanol–water partition coefficient (Wildman–Crippen LogP) is 4.48. The number of carbonyl (C=O) groups is 2. The van der Waals surface area contributed by atoms with Crippen LogP contribution in [0, 0.1) is 12.8 Å². The summed E-state index contributed by atoms with van der Waals surface area (Å²) in [4.78, 5) is 42.2. The molecule has 2 aromatic carbocycles. The molecule has 1 saturated carbocycles. The van der Waals surface area contributed by atoms with Gasteiger partial charge < -0.3 is 10.2 Å². The lowest BCUT2D eigenvalue weighted by Gasteiger charge is -2.35. The summed E-state index contributed by atoms with van der Waals surface area (Å²) in [5.41, 5.74) is 6.19. The van der Waals surface area contributed by atoms with Crippen LogP contribution in [0.15, 0.2) is 60.4 Å². The predicted molar refractivity (Wildman–Crippen MR) is 135 cm³/mol. The third kappa shape index (κ3) is 3.87. The number of nitrogens with zero attached hydrogens (tertiary/aromatic N) is 4. The molecule has 3 atom stereocenters. The van der Waals surface area contributed by atoms with Crippen molar-refractivity contribution >= 4 is 33.4 Å². The van der Waals surface area contributed by atoms with Crippen molar-refractivity contribution in [2.24, 2.45) is 5.92 Å². The highest BCUT2D eigenvalue weighted by Gasteiger charge is 2.48. The fraction of sp³-hybridized carbons (Fsp3) is 0.296. The van der Waals surface area contributed by atoms with Crippen molar-refractivity contribution in [3.05, 3.63) is 77.2 Å². The number of nitrogens with one attached hydrogen (secondary N) is 1. The molecule has 0 radical (unpaired) electrons. The van der Waals surface area contributed by atoms with Gasteiger partial charge in [0, 0.05) is 30.5 Å². The number of aromatic nitrogens is 3. The molecular formula is C27H25N5O2S. The van der Waals surface area contributed by atoms with Gasteiger partial charge in [0.15, 0.2) is 5.69 Å². The van der Waals surface area contributed by atoms with Crippen molar-refractivity contribution in [3.63, 3.8) is 0 Å². The van der Waals surface area contributed by atoms with Gasteiger partial charge in [-0.05, 0) is 44.2 Å². The Hall–Kier alpha value is -3.65. The molecule has 176 valence electrons. The molecule has 3 heterocycles. The summed E-state index contributed by atoms with van der Waals surface area (Å²) in [5.74, 6) is 0.141. The van der Waals surface area contributed by atoms with Crippen molar-refractivity contribution in [2.45, 2.75) is 38.3 Å². The van der Waals surface area contributed by atoms with Gasteiger partial charge in [0.2, 0.25) is 0 Å². The first-order valence-corrected chi connectivity index (χ1v) is 12.8. The topological polar surface area (TPSA) is 88.1 Å². The van der Waals surface area contributed by atoms with Crippen LogP contribution in [-0.4, -0.2) is 50.3 Å². The summed E-state index contributed by atoms with van der Waals surface area (Å²) in [6, 6.07) is 13.7.